The van der Waals surface area contributed by atoms with E-state index in [1.807, 2.05) is 11.3 Å². The van der Waals surface area contributed by atoms with Crippen molar-refractivity contribution in [2.75, 3.05) is 0 Å². The maximum atomic E-state index is 3.62. The normalized spacial score (nSPS) is 15.8. The van der Waals surface area contributed by atoms with E-state index in [1.54, 1.807) is 0 Å². The molecule has 0 saturated heterocycles. The van der Waals surface area contributed by atoms with Gasteiger partial charge in [-0.05, 0) is 37.6 Å². The molecule has 0 aliphatic carbocycles. The van der Waals surface area contributed by atoms with Crippen molar-refractivity contribution in [3.05, 3.63) is 22.4 Å². The molecule has 0 fully saturated rings. The maximum Gasteiger partial charge on any atom is 0.00896 e. The number of nitrogens with one attached hydrogen (secondary N) is 1. The van der Waals surface area contributed by atoms with Crippen molar-refractivity contribution in [3.63, 3.8) is 0 Å². The van der Waals surface area contributed by atoms with Crippen LogP contribution in [-0.4, -0.2) is 12.1 Å². The average Bonchev–Trinajstić information content (AvgIpc) is 2.56. The average molecular weight is 211 g/mol. The second kappa shape index (κ2) is 5.52. The smallest absolute Gasteiger partial charge is 0.00896 e. The van der Waals surface area contributed by atoms with Crippen LogP contribution < -0.4 is 5.32 Å². The van der Waals surface area contributed by atoms with E-state index in [2.05, 4.69) is 50.5 Å². The lowest BCUT2D eigenvalue weighted by Crippen LogP contribution is -2.38. The highest BCUT2D eigenvalue weighted by atomic mass is 32.1. The fourth-order valence-corrected chi connectivity index (χ4v) is 2.27. The van der Waals surface area contributed by atoms with Gasteiger partial charge in [-0.25, -0.2) is 0 Å². The van der Waals surface area contributed by atoms with Crippen molar-refractivity contribution in [2.24, 2.45) is 5.92 Å². The molecule has 1 aromatic heterocycles. The van der Waals surface area contributed by atoms with Gasteiger partial charge in [-0.3, -0.25) is 0 Å². The van der Waals surface area contributed by atoms with Crippen LogP contribution in [0.4, 0.5) is 0 Å². The van der Waals surface area contributed by atoms with E-state index in [4.69, 9.17) is 0 Å². The number of rotatable bonds is 5. The Morgan fingerprint density at radius 1 is 1.29 bits per heavy atom. The summed E-state index contributed by atoms with van der Waals surface area (Å²) in [6.45, 7) is 9.04. The molecule has 1 heterocycles. The Bertz CT molecular complexity index is 241. The van der Waals surface area contributed by atoms with E-state index in [0.29, 0.717) is 18.0 Å². The summed E-state index contributed by atoms with van der Waals surface area (Å²) in [6.07, 6.45) is 1.15. The van der Waals surface area contributed by atoms with Crippen molar-refractivity contribution in [2.45, 2.75) is 46.2 Å². The molecule has 2 unspecified atom stereocenters. The first-order chi connectivity index (χ1) is 6.59. The topological polar surface area (TPSA) is 12.0 Å². The molecule has 1 rings (SSSR count). The third-order valence-corrected chi connectivity index (χ3v) is 3.53. The largest absolute Gasteiger partial charge is 0.311 e. The van der Waals surface area contributed by atoms with Crippen LogP contribution in [0, 0.1) is 5.92 Å². The Morgan fingerprint density at radius 2 is 2.00 bits per heavy atom. The molecule has 2 heteroatoms. The summed E-state index contributed by atoms with van der Waals surface area (Å²) in [7, 11) is 0. The first-order valence-corrected chi connectivity index (χ1v) is 6.26. The molecular formula is C12H21NS. The molecule has 0 aromatic carbocycles. The predicted octanol–water partition coefficient (Wildman–Crippen LogP) is 3.31. The molecule has 80 valence electrons. The lowest BCUT2D eigenvalue weighted by Gasteiger charge is -2.22. The van der Waals surface area contributed by atoms with E-state index in [9.17, 15) is 0 Å². The molecule has 0 amide bonds. The SMILES string of the molecule is CC(Cc1cccs1)NC(C)C(C)C. The minimum atomic E-state index is 0.575. The highest BCUT2D eigenvalue weighted by Gasteiger charge is 2.11. The van der Waals surface area contributed by atoms with Gasteiger partial charge in [0.05, 0.1) is 0 Å². The van der Waals surface area contributed by atoms with Crippen LogP contribution in [-0.2, 0) is 6.42 Å². The predicted molar refractivity (Wildman–Crippen MR) is 64.9 cm³/mol. The van der Waals surface area contributed by atoms with Crippen molar-refractivity contribution >= 4 is 11.3 Å². The molecule has 0 radical (unpaired) electrons. The lowest BCUT2D eigenvalue weighted by atomic mass is 10.0. The highest BCUT2D eigenvalue weighted by molar-refractivity contribution is 7.09. The summed E-state index contributed by atoms with van der Waals surface area (Å²) in [5, 5.41) is 5.77. The number of hydrogen-bond acceptors (Lipinski definition) is 2. The second-order valence-corrected chi connectivity index (χ2v) is 5.42. The third kappa shape index (κ3) is 3.81. The van der Waals surface area contributed by atoms with Crippen LogP contribution in [0.5, 0.6) is 0 Å². The van der Waals surface area contributed by atoms with Crippen LogP contribution in [0.3, 0.4) is 0 Å². The summed E-state index contributed by atoms with van der Waals surface area (Å²) in [5.74, 6) is 0.709. The molecule has 2 atom stereocenters. The van der Waals surface area contributed by atoms with Gasteiger partial charge in [0, 0.05) is 17.0 Å². The van der Waals surface area contributed by atoms with Crippen molar-refractivity contribution in [1.29, 1.82) is 0 Å². The van der Waals surface area contributed by atoms with Gasteiger partial charge in [-0.1, -0.05) is 19.9 Å². The van der Waals surface area contributed by atoms with Crippen LogP contribution in [0.2, 0.25) is 0 Å². The molecular weight excluding hydrogens is 190 g/mol. The molecule has 1 aromatic rings. The summed E-state index contributed by atoms with van der Waals surface area (Å²) < 4.78 is 0. The molecule has 0 aliphatic rings. The highest BCUT2D eigenvalue weighted by Crippen LogP contribution is 2.12. The van der Waals surface area contributed by atoms with Crippen LogP contribution >= 0.6 is 11.3 Å². The number of hydrogen-bond donors (Lipinski definition) is 1. The third-order valence-electron chi connectivity index (χ3n) is 2.63. The number of thiophene rings is 1. The molecule has 0 spiro atoms. The monoisotopic (exact) mass is 211 g/mol. The summed E-state index contributed by atoms with van der Waals surface area (Å²) in [5.41, 5.74) is 0. The fourth-order valence-electron chi connectivity index (χ4n) is 1.43. The zero-order valence-corrected chi connectivity index (χ0v) is 10.4. The molecule has 1 nitrogen and oxygen atoms in total. The van der Waals surface area contributed by atoms with Gasteiger partial charge in [-0.15, -0.1) is 11.3 Å². The standard InChI is InChI=1S/C12H21NS/c1-9(2)11(4)13-10(3)8-12-6-5-7-14-12/h5-7,9-11,13H,8H2,1-4H3. The van der Waals surface area contributed by atoms with Gasteiger partial charge in [-0.2, -0.15) is 0 Å². The van der Waals surface area contributed by atoms with Crippen molar-refractivity contribution in [3.8, 4) is 0 Å². The van der Waals surface area contributed by atoms with Gasteiger partial charge in [0.25, 0.3) is 0 Å². The Morgan fingerprint density at radius 3 is 2.50 bits per heavy atom. The van der Waals surface area contributed by atoms with E-state index in [0.717, 1.165) is 6.42 Å². The first kappa shape index (κ1) is 11.7. The molecule has 1 N–H and O–H groups in total. The van der Waals surface area contributed by atoms with E-state index >= 15 is 0 Å². The van der Waals surface area contributed by atoms with E-state index in [-0.39, 0.29) is 0 Å². The second-order valence-electron chi connectivity index (χ2n) is 4.38. The fraction of sp³-hybridized carbons (Fsp3) is 0.667. The Kier molecular flexibility index (Phi) is 4.63. The minimum Gasteiger partial charge on any atom is -0.311 e. The Hall–Kier alpha value is -0.340. The molecule has 14 heavy (non-hydrogen) atoms. The van der Waals surface area contributed by atoms with Crippen molar-refractivity contribution < 1.29 is 0 Å². The van der Waals surface area contributed by atoms with Gasteiger partial charge in [0.15, 0.2) is 0 Å². The lowest BCUT2D eigenvalue weighted by molar-refractivity contribution is 0.383. The van der Waals surface area contributed by atoms with E-state index in [1.165, 1.54) is 4.88 Å². The summed E-state index contributed by atoms with van der Waals surface area (Å²) in [6, 6.07) is 5.51. The van der Waals surface area contributed by atoms with Gasteiger partial charge < -0.3 is 5.32 Å². The zero-order chi connectivity index (χ0) is 10.6. The van der Waals surface area contributed by atoms with E-state index < -0.39 is 0 Å². The minimum absolute atomic E-state index is 0.575. The quantitative estimate of drug-likeness (QED) is 0.788. The van der Waals surface area contributed by atoms with Gasteiger partial charge >= 0.3 is 0 Å². The summed E-state index contributed by atoms with van der Waals surface area (Å²) in [4.78, 5) is 1.47. The maximum absolute atomic E-state index is 3.62. The first-order valence-electron chi connectivity index (χ1n) is 5.38. The molecule has 0 aliphatic heterocycles. The zero-order valence-electron chi connectivity index (χ0n) is 9.58. The Balaban J connectivity index is 2.32. The Labute approximate surface area is 91.5 Å². The summed E-state index contributed by atoms with van der Waals surface area (Å²) >= 11 is 1.85. The molecule has 0 saturated carbocycles. The van der Waals surface area contributed by atoms with Crippen LogP contribution in [0.1, 0.15) is 32.6 Å². The van der Waals surface area contributed by atoms with Crippen LogP contribution in [0.15, 0.2) is 17.5 Å². The molecule has 0 bridgehead atoms. The van der Waals surface area contributed by atoms with Crippen LogP contribution in [0.25, 0.3) is 0 Å². The van der Waals surface area contributed by atoms with Crippen molar-refractivity contribution in [1.82, 2.24) is 5.32 Å². The van der Waals surface area contributed by atoms with Gasteiger partial charge in [0.1, 0.15) is 0 Å². The van der Waals surface area contributed by atoms with Gasteiger partial charge in [0.2, 0.25) is 0 Å².